The zero-order chi connectivity index (χ0) is 25.2. The molecule has 1 aliphatic heterocycles. The van der Waals surface area contributed by atoms with Crippen molar-refractivity contribution < 1.29 is 9.66 Å². The first kappa shape index (κ1) is 24.0. The number of aromatic amines is 1. The number of para-hydroxylation sites is 2. The third-order valence-corrected chi connectivity index (χ3v) is 7.34. The van der Waals surface area contributed by atoms with E-state index >= 15 is 0 Å². The second-order valence-corrected chi connectivity index (χ2v) is 10.2. The lowest BCUT2D eigenvalue weighted by Gasteiger charge is -2.34. The molecule has 0 saturated carbocycles. The van der Waals surface area contributed by atoms with Gasteiger partial charge in [0.05, 0.1) is 35.2 Å². The topological polar surface area (TPSA) is 119 Å². The van der Waals surface area contributed by atoms with Gasteiger partial charge in [0.25, 0.3) is 0 Å². The number of phenols is 1. The average Bonchev–Trinajstić information content (AvgIpc) is 3.34. The van der Waals surface area contributed by atoms with Crippen molar-refractivity contribution in [3.8, 4) is 5.75 Å². The number of hydrogen-bond acceptors (Lipinski definition) is 9. The van der Waals surface area contributed by atoms with Crippen molar-refractivity contribution in [1.29, 1.82) is 0 Å². The summed E-state index contributed by atoms with van der Waals surface area (Å²) in [7, 11) is 3.89. The Hall–Kier alpha value is -3.67. The van der Waals surface area contributed by atoms with E-state index in [2.05, 4.69) is 37.4 Å². The number of fused-ring (bicyclic) bond motifs is 1. The molecular weight excluding hydrogens is 476 g/mol. The molecule has 0 spiro atoms. The number of phenolic OH excluding ortho intramolecular Hbond substituents is 1. The molecule has 0 aliphatic carbocycles. The normalized spacial score (nSPS) is 15.2. The van der Waals surface area contributed by atoms with Gasteiger partial charge in [-0.3, -0.25) is 0 Å². The standard InChI is InChI=1S/C25H30N8O2S/c1-31-12-14-33(15-13-31)21-9-8-17(16-22(21)34)27-25-29-23-18(10-11-26-23)24(30-25)28-19-6-4-5-7-20(19)32(2)36(3)35/h4-11,16,34H,12-15H2,1-3H3,(H3,26,27,28,29,30). The Morgan fingerprint density at radius 2 is 1.83 bits per heavy atom. The number of anilines is 6. The van der Waals surface area contributed by atoms with Crippen LogP contribution in [0.25, 0.3) is 11.0 Å². The second-order valence-electron chi connectivity index (χ2n) is 8.82. The maximum absolute atomic E-state index is 12.1. The van der Waals surface area contributed by atoms with Crippen molar-refractivity contribution in [1.82, 2.24) is 19.9 Å². The van der Waals surface area contributed by atoms with Gasteiger partial charge in [-0.15, -0.1) is 0 Å². The summed E-state index contributed by atoms with van der Waals surface area (Å²) in [4.78, 5) is 16.9. The highest BCUT2D eigenvalue weighted by molar-refractivity contribution is 7.92. The fraction of sp³-hybridized carbons (Fsp3) is 0.280. The van der Waals surface area contributed by atoms with Crippen LogP contribution in [-0.4, -0.2) is 76.0 Å². The molecule has 10 nitrogen and oxygen atoms in total. The summed E-state index contributed by atoms with van der Waals surface area (Å²) in [6.07, 6.45) is 3.45. The van der Waals surface area contributed by atoms with Gasteiger partial charge in [-0.1, -0.05) is 12.1 Å². The van der Waals surface area contributed by atoms with Gasteiger partial charge in [0, 0.05) is 44.1 Å². The molecule has 0 bridgehead atoms. The summed E-state index contributed by atoms with van der Waals surface area (Å²) in [5.74, 6) is 1.20. The highest BCUT2D eigenvalue weighted by Crippen LogP contribution is 2.34. The van der Waals surface area contributed by atoms with Gasteiger partial charge in [0.2, 0.25) is 5.95 Å². The smallest absolute Gasteiger partial charge is 0.231 e. The SMILES string of the molecule is CN1CCN(c2ccc(Nc3nc(Nc4ccccc4N(C)[S+](C)[O-])c4cc[nH]c4n3)cc2O)CC1. The number of piperazine rings is 1. The fourth-order valence-electron chi connectivity index (χ4n) is 4.26. The average molecular weight is 507 g/mol. The van der Waals surface area contributed by atoms with Crippen molar-refractivity contribution in [3.05, 3.63) is 54.7 Å². The van der Waals surface area contributed by atoms with Crippen molar-refractivity contribution >= 4 is 56.9 Å². The summed E-state index contributed by atoms with van der Waals surface area (Å²) in [5, 5.41) is 18.1. The molecule has 2 aromatic heterocycles. The van der Waals surface area contributed by atoms with Crippen LogP contribution in [0.3, 0.4) is 0 Å². The van der Waals surface area contributed by atoms with Gasteiger partial charge in [-0.25, -0.2) is 0 Å². The van der Waals surface area contributed by atoms with Gasteiger partial charge in [0.1, 0.15) is 29.2 Å². The van der Waals surface area contributed by atoms with Crippen LogP contribution in [0.1, 0.15) is 0 Å². The largest absolute Gasteiger partial charge is 0.593 e. The van der Waals surface area contributed by atoms with E-state index in [4.69, 9.17) is 4.98 Å². The van der Waals surface area contributed by atoms with Gasteiger partial charge in [-0.2, -0.15) is 14.3 Å². The Labute approximate surface area is 213 Å². The molecule has 1 saturated heterocycles. The van der Waals surface area contributed by atoms with E-state index in [-0.39, 0.29) is 5.75 Å². The first-order valence-corrected chi connectivity index (χ1v) is 13.2. The molecule has 0 amide bonds. The molecule has 188 valence electrons. The predicted octanol–water partition coefficient (Wildman–Crippen LogP) is 3.63. The lowest BCUT2D eigenvalue weighted by molar-refractivity contribution is 0.311. The lowest BCUT2D eigenvalue weighted by Crippen LogP contribution is -2.44. The molecule has 1 fully saturated rings. The van der Waals surface area contributed by atoms with Gasteiger partial charge in [0.15, 0.2) is 0 Å². The summed E-state index contributed by atoms with van der Waals surface area (Å²) < 4.78 is 13.8. The summed E-state index contributed by atoms with van der Waals surface area (Å²) in [6.45, 7) is 3.68. The van der Waals surface area contributed by atoms with Crippen molar-refractivity contribution in [2.45, 2.75) is 0 Å². The predicted molar refractivity (Wildman–Crippen MR) is 147 cm³/mol. The summed E-state index contributed by atoms with van der Waals surface area (Å²) >= 11 is -1.18. The van der Waals surface area contributed by atoms with Crippen LogP contribution in [0.4, 0.5) is 34.5 Å². The van der Waals surface area contributed by atoms with E-state index in [1.165, 1.54) is 0 Å². The molecule has 3 heterocycles. The fourth-order valence-corrected chi connectivity index (χ4v) is 4.69. The zero-order valence-corrected chi connectivity index (χ0v) is 21.3. The highest BCUT2D eigenvalue weighted by atomic mass is 32.2. The van der Waals surface area contributed by atoms with Crippen LogP contribution in [0.15, 0.2) is 54.7 Å². The maximum atomic E-state index is 12.1. The number of benzene rings is 2. The van der Waals surface area contributed by atoms with E-state index in [0.29, 0.717) is 23.1 Å². The molecule has 4 N–H and O–H groups in total. The van der Waals surface area contributed by atoms with Gasteiger partial charge in [-0.05, 0) is 37.4 Å². The van der Waals surface area contributed by atoms with Crippen LogP contribution in [0.2, 0.25) is 0 Å². The Morgan fingerprint density at radius 1 is 1.06 bits per heavy atom. The van der Waals surface area contributed by atoms with Crippen LogP contribution < -0.4 is 19.8 Å². The number of nitrogens with zero attached hydrogens (tertiary/aromatic N) is 5. The quantitative estimate of drug-likeness (QED) is 0.279. The highest BCUT2D eigenvalue weighted by Gasteiger charge is 2.19. The molecule has 4 aromatic rings. The minimum Gasteiger partial charge on any atom is -0.593 e. The number of hydrogen-bond donors (Lipinski definition) is 4. The van der Waals surface area contributed by atoms with E-state index in [1.54, 1.807) is 23.7 Å². The minimum absolute atomic E-state index is 0.216. The lowest BCUT2D eigenvalue weighted by atomic mass is 10.2. The minimum atomic E-state index is -1.18. The van der Waals surface area contributed by atoms with Crippen molar-refractivity contribution in [2.75, 3.05) is 66.4 Å². The molecule has 11 heteroatoms. The Kier molecular flexibility index (Phi) is 6.77. The monoisotopic (exact) mass is 506 g/mol. The van der Waals surface area contributed by atoms with Crippen LogP contribution >= 0.6 is 0 Å². The van der Waals surface area contributed by atoms with Crippen LogP contribution in [0, 0.1) is 0 Å². The van der Waals surface area contributed by atoms with Crippen LogP contribution in [0.5, 0.6) is 5.75 Å². The van der Waals surface area contributed by atoms with Gasteiger partial charge < -0.3 is 35.1 Å². The van der Waals surface area contributed by atoms with E-state index in [1.807, 2.05) is 48.7 Å². The summed E-state index contributed by atoms with van der Waals surface area (Å²) in [5.41, 5.74) is 3.74. The zero-order valence-electron chi connectivity index (χ0n) is 20.5. The van der Waals surface area contributed by atoms with Gasteiger partial charge >= 0.3 is 0 Å². The molecule has 5 rings (SSSR count). The van der Waals surface area contributed by atoms with Crippen molar-refractivity contribution in [2.24, 2.45) is 0 Å². The van der Waals surface area contributed by atoms with E-state index in [0.717, 1.165) is 48.6 Å². The Bertz CT molecular complexity index is 1350. The molecular formula is C25H30N8O2S. The first-order valence-electron chi connectivity index (χ1n) is 11.7. The molecule has 36 heavy (non-hydrogen) atoms. The third kappa shape index (κ3) is 4.99. The number of likely N-dealkylation sites (N-methyl/N-ethyl adjacent to an activating group) is 1. The maximum Gasteiger partial charge on any atom is 0.231 e. The molecule has 1 unspecified atom stereocenters. The van der Waals surface area contributed by atoms with E-state index < -0.39 is 11.4 Å². The third-order valence-electron chi connectivity index (χ3n) is 6.37. The molecule has 2 aromatic carbocycles. The molecule has 1 aliphatic rings. The molecule has 1 atom stereocenters. The number of aromatic nitrogens is 3. The van der Waals surface area contributed by atoms with Crippen molar-refractivity contribution in [3.63, 3.8) is 0 Å². The van der Waals surface area contributed by atoms with Crippen LogP contribution in [-0.2, 0) is 11.4 Å². The number of rotatable bonds is 7. The number of nitrogens with one attached hydrogen (secondary N) is 3. The Morgan fingerprint density at radius 3 is 2.58 bits per heavy atom. The second kappa shape index (κ2) is 10.1. The molecule has 0 radical (unpaired) electrons. The first-order chi connectivity index (χ1) is 17.4. The Balaban J connectivity index is 1.41. The van der Waals surface area contributed by atoms with E-state index in [9.17, 15) is 9.66 Å². The number of aromatic hydroxyl groups is 1. The number of H-pyrrole nitrogens is 1. The summed E-state index contributed by atoms with van der Waals surface area (Å²) in [6, 6.07) is 15.1.